The molecule has 0 saturated carbocycles. The molecule has 84 valence electrons. The van der Waals surface area contributed by atoms with E-state index < -0.39 is 27.2 Å². The van der Waals surface area contributed by atoms with Crippen molar-refractivity contribution in [2.45, 2.75) is 5.75 Å². The van der Waals surface area contributed by atoms with Crippen LogP contribution in [0.2, 0.25) is 0 Å². The fraction of sp³-hybridized carbons (Fsp3) is 0.429. The number of aromatic nitrogens is 2. The summed E-state index contributed by atoms with van der Waals surface area (Å²) in [5.41, 5.74) is -1.68. The molecule has 1 heterocycles. The molecule has 1 aromatic heterocycles. The van der Waals surface area contributed by atoms with Crippen LogP contribution < -0.4 is 11.2 Å². The molecule has 0 saturated heterocycles. The molecule has 0 bridgehead atoms. The van der Waals surface area contributed by atoms with Crippen LogP contribution in [0.15, 0.2) is 15.8 Å². The molecular weight excluding hydrogens is 227 g/mol. The fourth-order valence-corrected chi connectivity index (χ4v) is 1.74. The van der Waals surface area contributed by atoms with E-state index in [1.54, 1.807) is 0 Å². The zero-order valence-corrected chi connectivity index (χ0v) is 8.91. The van der Waals surface area contributed by atoms with Gasteiger partial charge < -0.3 is 4.57 Å². The summed E-state index contributed by atoms with van der Waals surface area (Å²) in [5.74, 6) is -1.02. The van der Waals surface area contributed by atoms with E-state index in [1.165, 1.54) is 14.1 Å². The number of halogens is 1. The summed E-state index contributed by atoms with van der Waals surface area (Å²) >= 11 is 0. The second-order valence-electron chi connectivity index (χ2n) is 3.10. The maximum absolute atomic E-state index is 12.4. The van der Waals surface area contributed by atoms with Gasteiger partial charge in [0.2, 0.25) is 0 Å². The van der Waals surface area contributed by atoms with Gasteiger partial charge in [-0.1, -0.05) is 0 Å². The molecule has 0 aliphatic heterocycles. The summed E-state index contributed by atoms with van der Waals surface area (Å²) in [7, 11) is -2.24. The van der Waals surface area contributed by atoms with Crippen molar-refractivity contribution in [3.8, 4) is 0 Å². The van der Waals surface area contributed by atoms with Crippen LogP contribution >= 0.6 is 0 Å². The van der Waals surface area contributed by atoms with Gasteiger partial charge >= 0.3 is 15.9 Å². The monoisotopic (exact) mass is 236 g/mol. The molecule has 0 radical (unpaired) electrons. The summed E-state index contributed by atoms with van der Waals surface area (Å²) in [5, 5.41) is 0. The van der Waals surface area contributed by atoms with Crippen molar-refractivity contribution < 1.29 is 12.3 Å². The Morgan fingerprint density at radius 1 is 1.33 bits per heavy atom. The number of rotatable bonds is 2. The summed E-state index contributed by atoms with van der Waals surface area (Å²) in [6.45, 7) is 0. The number of hydrogen-bond acceptors (Lipinski definition) is 4. The predicted molar refractivity (Wildman–Crippen MR) is 50.7 cm³/mol. The topological polar surface area (TPSA) is 78.1 Å². The fourth-order valence-electron chi connectivity index (χ4n) is 1.17. The zero-order chi connectivity index (χ0) is 11.8. The average Bonchev–Trinajstić information content (AvgIpc) is 2.08. The van der Waals surface area contributed by atoms with Gasteiger partial charge in [0.1, 0.15) is 5.75 Å². The molecule has 0 amide bonds. The Kier molecular flexibility index (Phi) is 2.80. The van der Waals surface area contributed by atoms with Gasteiger partial charge in [-0.2, -0.15) is 8.42 Å². The first kappa shape index (κ1) is 11.6. The first-order valence-electron chi connectivity index (χ1n) is 3.90. The van der Waals surface area contributed by atoms with Crippen molar-refractivity contribution >= 4 is 10.2 Å². The van der Waals surface area contributed by atoms with E-state index in [0.717, 1.165) is 15.3 Å². The minimum Gasteiger partial charge on any atom is -0.303 e. The lowest BCUT2D eigenvalue weighted by Crippen LogP contribution is -2.38. The highest BCUT2D eigenvalue weighted by Crippen LogP contribution is 2.00. The van der Waals surface area contributed by atoms with Crippen molar-refractivity contribution in [3.63, 3.8) is 0 Å². The van der Waals surface area contributed by atoms with Gasteiger partial charge in [0, 0.05) is 20.3 Å². The lowest BCUT2D eigenvalue weighted by molar-refractivity contribution is 0.549. The van der Waals surface area contributed by atoms with E-state index >= 15 is 0 Å². The molecule has 0 spiro atoms. The third kappa shape index (κ3) is 2.52. The Bertz CT molecular complexity index is 598. The Morgan fingerprint density at radius 3 is 2.33 bits per heavy atom. The first-order chi connectivity index (χ1) is 6.72. The molecule has 8 heteroatoms. The molecule has 0 unspecified atom stereocenters. The third-order valence-corrected chi connectivity index (χ3v) is 2.50. The van der Waals surface area contributed by atoms with E-state index in [1.807, 2.05) is 0 Å². The predicted octanol–water partition coefficient (Wildman–Crippen LogP) is -1.12. The lowest BCUT2D eigenvalue weighted by Gasteiger charge is -2.04. The molecule has 0 aliphatic rings. The minimum atomic E-state index is -4.77. The van der Waals surface area contributed by atoms with Crippen molar-refractivity contribution in [1.29, 1.82) is 0 Å². The summed E-state index contributed by atoms with van der Waals surface area (Å²) in [6.07, 6.45) is 1.02. The Labute approximate surface area is 84.8 Å². The van der Waals surface area contributed by atoms with Gasteiger partial charge in [-0.15, -0.1) is 3.89 Å². The van der Waals surface area contributed by atoms with Crippen LogP contribution in [-0.2, 0) is 30.1 Å². The van der Waals surface area contributed by atoms with Crippen LogP contribution in [0.1, 0.15) is 5.56 Å². The number of hydrogen-bond donors (Lipinski definition) is 0. The largest absolute Gasteiger partial charge is 0.330 e. The standard InChI is InChI=1S/C7H9FN2O4S/c1-9-3-5(4-15(8,13)14)6(11)10(2)7(9)12/h3H,4H2,1-2H3. The summed E-state index contributed by atoms with van der Waals surface area (Å²) in [6, 6.07) is 0. The van der Waals surface area contributed by atoms with Crippen LogP contribution in [0.4, 0.5) is 3.89 Å². The maximum atomic E-state index is 12.4. The molecule has 15 heavy (non-hydrogen) atoms. The first-order valence-corrected chi connectivity index (χ1v) is 5.45. The molecule has 1 aromatic rings. The zero-order valence-electron chi connectivity index (χ0n) is 8.10. The highest BCUT2D eigenvalue weighted by atomic mass is 32.3. The van der Waals surface area contributed by atoms with Crippen molar-refractivity contribution in [2.75, 3.05) is 0 Å². The molecule has 6 nitrogen and oxygen atoms in total. The Morgan fingerprint density at radius 2 is 1.87 bits per heavy atom. The van der Waals surface area contributed by atoms with E-state index in [9.17, 15) is 21.9 Å². The molecule has 0 atom stereocenters. The third-order valence-electron chi connectivity index (χ3n) is 1.85. The molecule has 0 aliphatic carbocycles. The van der Waals surface area contributed by atoms with E-state index in [2.05, 4.69) is 0 Å². The van der Waals surface area contributed by atoms with Gasteiger partial charge in [-0.3, -0.25) is 9.36 Å². The van der Waals surface area contributed by atoms with Gasteiger partial charge in [0.05, 0.1) is 5.56 Å². The van der Waals surface area contributed by atoms with Crippen molar-refractivity contribution in [2.24, 2.45) is 14.1 Å². The molecule has 0 aromatic carbocycles. The van der Waals surface area contributed by atoms with Gasteiger partial charge in [0.25, 0.3) is 5.56 Å². The Balaban J connectivity index is 3.47. The number of aryl methyl sites for hydroxylation is 1. The summed E-state index contributed by atoms with van der Waals surface area (Å²) < 4.78 is 34.8. The second kappa shape index (κ2) is 3.61. The van der Waals surface area contributed by atoms with Crippen LogP contribution in [0.25, 0.3) is 0 Å². The highest BCUT2D eigenvalue weighted by molar-refractivity contribution is 7.85. The second-order valence-corrected chi connectivity index (χ2v) is 4.46. The molecule has 0 N–H and O–H groups in total. The minimum absolute atomic E-state index is 0.276. The highest BCUT2D eigenvalue weighted by Gasteiger charge is 2.14. The van der Waals surface area contributed by atoms with E-state index in [0.29, 0.717) is 0 Å². The quantitative estimate of drug-likeness (QED) is 0.609. The van der Waals surface area contributed by atoms with Gasteiger partial charge in [0.15, 0.2) is 0 Å². The summed E-state index contributed by atoms with van der Waals surface area (Å²) in [4.78, 5) is 22.5. The smallest absolute Gasteiger partial charge is 0.303 e. The van der Waals surface area contributed by atoms with Crippen LogP contribution in [0, 0.1) is 0 Å². The van der Waals surface area contributed by atoms with E-state index in [4.69, 9.17) is 0 Å². The maximum Gasteiger partial charge on any atom is 0.330 e. The Hall–Kier alpha value is -1.44. The average molecular weight is 236 g/mol. The SMILES string of the molecule is Cn1cc(CS(=O)(=O)F)c(=O)n(C)c1=O. The molecular formula is C7H9FN2O4S. The van der Waals surface area contributed by atoms with Gasteiger partial charge in [-0.25, -0.2) is 4.79 Å². The van der Waals surface area contributed by atoms with Crippen molar-refractivity contribution in [3.05, 3.63) is 32.6 Å². The molecule has 0 fully saturated rings. The normalized spacial score (nSPS) is 11.7. The van der Waals surface area contributed by atoms with E-state index in [-0.39, 0.29) is 5.56 Å². The van der Waals surface area contributed by atoms with Crippen LogP contribution in [0.5, 0.6) is 0 Å². The number of nitrogens with zero attached hydrogens (tertiary/aromatic N) is 2. The van der Waals surface area contributed by atoms with Crippen LogP contribution in [0.3, 0.4) is 0 Å². The van der Waals surface area contributed by atoms with Gasteiger partial charge in [-0.05, 0) is 0 Å². The lowest BCUT2D eigenvalue weighted by atomic mass is 10.4. The van der Waals surface area contributed by atoms with Crippen molar-refractivity contribution in [1.82, 2.24) is 9.13 Å². The van der Waals surface area contributed by atoms with Crippen LogP contribution in [-0.4, -0.2) is 17.6 Å². The molecule has 1 rings (SSSR count).